The fourth-order valence-corrected chi connectivity index (χ4v) is 13.0. The van der Waals surface area contributed by atoms with Crippen molar-refractivity contribution in [1.29, 1.82) is 0 Å². The first-order valence-corrected chi connectivity index (χ1v) is 27.7. The highest BCUT2D eigenvalue weighted by molar-refractivity contribution is 6.02. The second-order valence-corrected chi connectivity index (χ2v) is 22.7. The van der Waals surface area contributed by atoms with Crippen LogP contribution in [0, 0.1) is 17.2 Å². The first-order chi connectivity index (χ1) is 37.3. The Morgan fingerprint density at radius 3 is 2.47 bits per heavy atom. The van der Waals surface area contributed by atoms with Crippen molar-refractivity contribution < 1.29 is 28.3 Å². The van der Waals surface area contributed by atoms with E-state index in [9.17, 15) is 14.7 Å². The van der Waals surface area contributed by atoms with Gasteiger partial charge >= 0.3 is 6.01 Å². The lowest BCUT2D eigenvalue weighted by molar-refractivity contribution is -0.141. The van der Waals surface area contributed by atoms with E-state index in [-0.39, 0.29) is 52.2 Å². The Morgan fingerprint density at radius 2 is 1.74 bits per heavy atom. The summed E-state index contributed by atoms with van der Waals surface area (Å²) in [5, 5.41) is 28.6. The highest BCUT2D eigenvalue weighted by Crippen LogP contribution is 2.44. The Hall–Kier alpha value is -7.18. The Balaban J connectivity index is 0.670. The van der Waals surface area contributed by atoms with Gasteiger partial charge < -0.3 is 39.7 Å². The molecule has 17 nitrogen and oxygen atoms in total. The smallest absolute Gasteiger partial charge is 0.319 e. The number of fused-ring (bicyclic) bond motifs is 4. The summed E-state index contributed by atoms with van der Waals surface area (Å²) < 4.78 is 31.3. The van der Waals surface area contributed by atoms with Crippen molar-refractivity contribution in [2.45, 2.75) is 103 Å². The van der Waals surface area contributed by atoms with Crippen LogP contribution in [0.3, 0.4) is 0 Å². The van der Waals surface area contributed by atoms with E-state index in [1.54, 1.807) is 29.4 Å². The average Bonchev–Trinajstić information content (AvgIpc) is 4.33. The summed E-state index contributed by atoms with van der Waals surface area (Å²) in [5.74, 6) is 0.472. The molecule has 2 bridgehead atoms. The largest absolute Gasteiger partial charge is 0.508 e. The van der Waals surface area contributed by atoms with Crippen molar-refractivity contribution in [3.63, 3.8) is 0 Å². The maximum absolute atomic E-state index is 17.1. The van der Waals surface area contributed by atoms with Crippen molar-refractivity contribution >= 4 is 45.1 Å². The number of aromatic nitrogens is 6. The number of carbonyl (C=O) groups excluding carboxylic acids is 2. The number of piperazine rings is 1. The Labute approximate surface area is 448 Å². The van der Waals surface area contributed by atoms with Crippen LogP contribution >= 0.6 is 0 Å². The minimum atomic E-state index is -0.570. The van der Waals surface area contributed by atoms with Gasteiger partial charge in [-0.25, -0.2) is 4.39 Å². The van der Waals surface area contributed by atoms with E-state index in [4.69, 9.17) is 24.2 Å². The van der Waals surface area contributed by atoms with E-state index in [2.05, 4.69) is 42.5 Å². The molecule has 0 radical (unpaired) electrons. The zero-order chi connectivity index (χ0) is 53.1. The number of aromatic hydroxyl groups is 1. The molecule has 5 fully saturated rings. The zero-order valence-corrected chi connectivity index (χ0v) is 44.7. The molecule has 2 amide bonds. The van der Waals surface area contributed by atoms with Gasteiger partial charge in [0.25, 0.3) is 0 Å². The molecule has 5 aliphatic rings. The lowest BCUT2D eigenvalue weighted by atomic mass is 9.72. The molecule has 4 aromatic heterocycles. The van der Waals surface area contributed by atoms with Crippen LogP contribution in [0.15, 0.2) is 83.6 Å². The number of nitrogens with one attached hydrogen (secondary N) is 2. The Kier molecular flexibility index (Phi) is 13.6. The van der Waals surface area contributed by atoms with Crippen molar-refractivity contribution in [1.82, 2.24) is 50.3 Å². The van der Waals surface area contributed by atoms with E-state index in [0.29, 0.717) is 60.7 Å². The van der Waals surface area contributed by atoms with Crippen LogP contribution in [0.4, 0.5) is 16.0 Å². The molecule has 12 rings (SSSR count). The van der Waals surface area contributed by atoms with Gasteiger partial charge in [0, 0.05) is 87.8 Å². The van der Waals surface area contributed by atoms with Crippen LogP contribution in [0.5, 0.6) is 11.8 Å². The van der Waals surface area contributed by atoms with Gasteiger partial charge in [0.1, 0.15) is 41.3 Å². The van der Waals surface area contributed by atoms with E-state index in [0.717, 1.165) is 117 Å². The second kappa shape index (κ2) is 20.6. The molecule has 5 aliphatic heterocycles. The normalized spacial score (nSPS) is 21.1. The van der Waals surface area contributed by atoms with E-state index in [1.807, 2.05) is 87.1 Å². The van der Waals surface area contributed by atoms with Crippen LogP contribution in [-0.2, 0) is 23.1 Å². The molecule has 0 aliphatic carbocycles. The van der Waals surface area contributed by atoms with Crippen LogP contribution < -0.4 is 25.2 Å². The summed E-state index contributed by atoms with van der Waals surface area (Å²) >= 11 is 0. The topological polar surface area (TPSA) is 183 Å². The number of piperidine rings is 1. The fourth-order valence-electron chi connectivity index (χ4n) is 13.0. The number of likely N-dealkylation sites (tertiary alicyclic amines) is 2. The van der Waals surface area contributed by atoms with Gasteiger partial charge in [-0.3, -0.25) is 24.2 Å². The number of phenolic OH excluding ortho intramolecular Hbond substituents is 1. The van der Waals surface area contributed by atoms with Gasteiger partial charge in [0.05, 0.1) is 17.1 Å². The number of nitrogens with zero attached hydrogens (tertiary/aromatic N) is 10. The third kappa shape index (κ3) is 9.72. The van der Waals surface area contributed by atoms with Crippen LogP contribution in [0.1, 0.15) is 95.1 Å². The number of benzene rings is 3. The molecule has 402 valence electrons. The third-order valence-corrected chi connectivity index (χ3v) is 17.3. The number of aryl methyl sites for hydroxylation is 2. The molecule has 3 unspecified atom stereocenters. The number of hydrogen-bond acceptors (Lipinski definition) is 14. The number of pyridine rings is 1. The molecule has 7 aromatic rings. The second-order valence-electron chi connectivity index (χ2n) is 22.7. The number of ether oxygens (including phenoxy) is 1. The highest BCUT2D eigenvalue weighted by Gasteiger charge is 2.47. The number of rotatable bonds is 15. The number of carbonyl (C=O) groups is 2. The predicted octanol–water partition coefficient (Wildman–Crippen LogP) is 8.17. The van der Waals surface area contributed by atoms with E-state index in [1.165, 1.54) is 0 Å². The van der Waals surface area contributed by atoms with E-state index < -0.39 is 17.8 Å². The number of amides is 2. The molecule has 3 N–H and O–H groups in total. The standard InChI is InChI=1S/C59H69FN12O5/c1-6-37-9-7-10-40-27-43(73)28-44(51(37)40)53-52(60)54-45(30-61-53)55(70-31-41-16-17-42(32-70)64-41)66-58(65-54)76-26-25-69-23-19-59(20-24-69)33-71(34-59)49-29-48(77-67-49)50(35(2)3)57(75)72-22-8-11-47(72)56(74)63-36(4)38-12-14-39(15-13-38)46-18-21-62-68(46)5/h7,9-10,12-15,18,21,27-30,35-36,41-42,47,50,64,73H,6,8,11,16-17,19-20,22-26,31-34H2,1-5H3,(H,63,74)/t36-,41?,42?,47-,50?/m0/s1. The predicted molar refractivity (Wildman–Crippen MR) is 293 cm³/mol. The van der Waals surface area contributed by atoms with Gasteiger partial charge in [-0.1, -0.05) is 68.4 Å². The quantitative estimate of drug-likeness (QED) is 0.0894. The molecular formula is C59H69FN12O5. The number of anilines is 2. The van der Waals surface area contributed by atoms with Crippen molar-refractivity contribution in [2.24, 2.45) is 18.4 Å². The summed E-state index contributed by atoms with van der Waals surface area (Å²) in [6, 6.07) is 21.2. The minimum Gasteiger partial charge on any atom is -0.508 e. The van der Waals surface area contributed by atoms with Gasteiger partial charge in [0.2, 0.25) is 11.8 Å². The minimum absolute atomic E-state index is 0.0426. The van der Waals surface area contributed by atoms with E-state index >= 15 is 4.39 Å². The number of hydrogen-bond donors (Lipinski definition) is 3. The van der Waals surface area contributed by atoms with Gasteiger partial charge in [0.15, 0.2) is 17.4 Å². The molecule has 77 heavy (non-hydrogen) atoms. The monoisotopic (exact) mass is 1040 g/mol. The first-order valence-electron chi connectivity index (χ1n) is 27.7. The molecule has 3 aromatic carbocycles. The Morgan fingerprint density at radius 1 is 0.961 bits per heavy atom. The highest BCUT2D eigenvalue weighted by atomic mass is 19.1. The third-order valence-electron chi connectivity index (χ3n) is 17.3. The lowest BCUT2D eigenvalue weighted by Gasteiger charge is -2.54. The number of halogens is 1. The maximum atomic E-state index is 17.1. The zero-order valence-electron chi connectivity index (χ0n) is 44.7. The lowest BCUT2D eigenvalue weighted by Crippen LogP contribution is -2.60. The molecule has 5 atom stereocenters. The molecule has 18 heteroatoms. The fraction of sp³-hybridized carbons (Fsp3) is 0.475. The molecule has 9 heterocycles. The van der Waals surface area contributed by atoms with Crippen LogP contribution in [-0.4, -0.2) is 134 Å². The first kappa shape index (κ1) is 50.6. The van der Waals surface area contributed by atoms with Gasteiger partial charge in [-0.05, 0) is 117 Å². The van der Waals surface area contributed by atoms with Crippen LogP contribution in [0.25, 0.3) is 44.2 Å². The molecule has 5 saturated heterocycles. The maximum Gasteiger partial charge on any atom is 0.319 e. The van der Waals surface area contributed by atoms with Gasteiger partial charge in [-0.15, -0.1) is 0 Å². The van der Waals surface area contributed by atoms with Crippen LogP contribution in [0.2, 0.25) is 0 Å². The Bertz CT molecular complexity index is 3320. The van der Waals surface area contributed by atoms with Gasteiger partial charge in [-0.2, -0.15) is 15.1 Å². The summed E-state index contributed by atoms with van der Waals surface area (Å²) in [6.45, 7) is 14.6. The molecule has 1 spiro atoms. The summed E-state index contributed by atoms with van der Waals surface area (Å²) in [5.41, 5.74) is 5.04. The molecule has 0 saturated carbocycles. The summed E-state index contributed by atoms with van der Waals surface area (Å²) in [7, 11) is 1.91. The molecular weight excluding hydrogens is 976 g/mol. The summed E-state index contributed by atoms with van der Waals surface area (Å²) in [4.78, 5) is 51.3. The number of phenols is 1. The average molecular weight is 1050 g/mol. The van der Waals surface area contributed by atoms with Crippen molar-refractivity contribution in [2.75, 3.05) is 68.8 Å². The SMILES string of the molecule is CCc1cccc2cc(O)cc(-c3ncc4c(N5CC6CCC(C5)N6)nc(OCCN5CCC6(CC5)CN(c5cc(C(C(=O)N7CCC[C@H]7C(=O)N[C@@H](C)c7ccc(-c8ccnn8C)cc7)C(C)C)on5)C6)nc4c3F)c12. The summed E-state index contributed by atoms with van der Waals surface area (Å²) in [6.07, 6.45) is 9.75. The van der Waals surface area contributed by atoms with Crippen molar-refractivity contribution in [3.05, 3.63) is 102 Å². The van der Waals surface area contributed by atoms with Crippen molar-refractivity contribution in [3.8, 4) is 34.3 Å².